The predicted molar refractivity (Wildman–Crippen MR) is 80.1 cm³/mol. The van der Waals surface area contributed by atoms with Gasteiger partial charge in [-0.1, -0.05) is 5.16 Å². The average Bonchev–Trinajstić information content (AvgIpc) is 2.87. The molecule has 21 heavy (non-hydrogen) atoms. The summed E-state index contributed by atoms with van der Waals surface area (Å²) in [4.78, 5) is 0. The molecule has 0 aliphatic rings. The molecule has 1 aromatic rings. The molecule has 0 amide bonds. The zero-order valence-corrected chi connectivity index (χ0v) is 13.6. The molecule has 0 fully saturated rings. The minimum Gasteiger partial charge on any atom is -0.382 e. The number of rotatable bonds is 11. The summed E-state index contributed by atoms with van der Waals surface area (Å²) in [6, 6.07) is 1.92. The third-order valence-electron chi connectivity index (χ3n) is 2.66. The van der Waals surface area contributed by atoms with E-state index in [4.69, 9.17) is 18.7 Å². The summed E-state index contributed by atoms with van der Waals surface area (Å²) in [5.41, 5.74) is 0.963. The summed E-state index contributed by atoms with van der Waals surface area (Å²) < 4.78 is 21.0. The molecule has 0 unspecified atom stereocenters. The van der Waals surface area contributed by atoms with Crippen LogP contribution in [-0.4, -0.2) is 44.2 Å². The van der Waals surface area contributed by atoms with Gasteiger partial charge in [0.15, 0.2) is 5.76 Å². The van der Waals surface area contributed by atoms with Crippen LogP contribution < -0.4 is 5.32 Å². The maximum Gasteiger partial charge on any atom is 0.162 e. The van der Waals surface area contributed by atoms with Gasteiger partial charge in [0.1, 0.15) is 6.61 Å². The van der Waals surface area contributed by atoms with Gasteiger partial charge in [0, 0.05) is 38.5 Å². The Labute approximate surface area is 127 Å². The van der Waals surface area contributed by atoms with E-state index in [-0.39, 0.29) is 5.54 Å². The van der Waals surface area contributed by atoms with E-state index in [1.54, 1.807) is 7.11 Å². The van der Waals surface area contributed by atoms with E-state index >= 15 is 0 Å². The van der Waals surface area contributed by atoms with Gasteiger partial charge in [-0.15, -0.1) is 0 Å². The zero-order valence-electron chi connectivity index (χ0n) is 13.6. The van der Waals surface area contributed by atoms with Crippen molar-refractivity contribution in [3.05, 3.63) is 17.5 Å². The summed E-state index contributed by atoms with van der Waals surface area (Å²) in [6.45, 7) is 10.1. The van der Waals surface area contributed by atoms with Gasteiger partial charge in [0.2, 0.25) is 0 Å². The Bertz CT molecular complexity index is 374. The topological polar surface area (TPSA) is 65.8 Å². The average molecular weight is 300 g/mol. The fourth-order valence-electron chi connectivity index (χ4n) is 1.54. The van der Waals surface area contributed by atoms with Crippen molar-refractivity contribution < 1.29 is 18.7 Å². The summed E-state index contributed by atoms with van der Waals surface area (Å²) in [7, 11) is 1.66. The van der Waals surface area contributed by atoms with Crippen molar-refractivity contribution in [1.82, 2.24) is 10.5 Å². The van der Waals surface area contributed by atoms with Crippen LogP contribution in [0.25, 0.3) is 0 Å². The lowest BCUT2D eigenvalue weighted by Gasteiger charge is -2.19. The van der Waals surface area contributed by atoms with Crippen LogP contribution in [0.5, 0.6) is 0 Å². The standard InChI is InChI=1S/C15H28N2O4/c1-15(2,3)16-11-13-10-14(21-17-13)12-20-7-5-6-19-9-8-18-4/h10,16H,5-9,11-12H2,1-4H3. The van der Waals surface area contributed by atoms with Crippen molar-refractivity contribution in [3.63, 3.8) is 0 Å². The highest BCUT2D eigenvalue weighted by atomic mass is 16.5. The molecule has 0 aliphatic carbocycles. The van der Waals surface area contributed by atoms with Gasteiger partial charge in [-0.25, -0.2) is 0 Å². The van der Waals surface area contributed by atoms with Crippen LogP contribution >= 0.6 is 0 Å². The fraction of sp³-hybridized carbons (Fsp3) is 0.800. The molecule has 1 heterocycles. The van der Waals surface area contributed by atoms with Crippen molar-refractivity contribution >= 4 is 0 Å². The van der Waals surface area contributed by atoms with Crippen molar-refractivity contribution in [2.45, 2.75) is 45.9 Å². The second-order valence-electron chi connectivity index (χ2n) is 5.90. The van der Waals surface area contributed by atoms with Crippen LogP contribution in [0.15, 0.2) is 10.6 Å². The van der Waals surface area contributed by atoms with E-state index in [9.17, 15) is 0 Å². The quantitative estimate of drug-likeness (QED) is 0.632. The molecule has 0 aliphatic heterocycles. The highest BCUT2D eigenvalue weighted by molar-refractivity contribution is 5.04. The molecule has 1 aromatic heterocycles. The lowest BCUT2D eigenvalue weighted by Crippen LogP contribution is -2.35. The first kappa shape index (κ1) is 18.1. The summed E-state index contributed by atoms with van der Waals surface area (Å²) >= 11 is 0. The zero-order chi connectivity index (χ0) is 15.6. The molecule has 122 valence electrons. The number of ether oxygens (including phenoxy) is 3. The molecule has 0 aromatic carbocycles. The maximum absolute atomic E-state index is 5.52. The maximum atomic E-state index is 5.52. The number of nitrogens with one attached hydrogen (secondary N) is 1. The van der Waals surface area contributed by atoms with Crippen molar-refractivity contribution in [3.8, 4) is 0 Å². The van der Waals surface area contributed by atoms with Crippen LogP contribution in [0.3, 0.4) is 0 Å². The van der Waals surface area contributed by atoms with Gasteiger partial charge >= 0.3 is 0 Å². The van der Waals surface area contributed by atoms with Gasteiger partial charge in [0.25, 0.3) is 0 Å². The van der Waals surface area contributed by atoms with E-state index in [2.05, 4.69) is 31.2 Å². The monoisotopic (exact) mass is 300 g/mol. The SMILES string of the molecule is COCCOCCCOCc1cc(CNC(C)(C)C)no1. The highest BCUT2D eigenvalue weighted by Gasteiger charge is 2.10. The molecular formula is C15H28N2O4. The van der Waals surface area contributed by atoms with E-state index in [1.807, 2.05) is 6.07 Å². The van der Waals surface area contributed by atoms with Crippen molar-refractivity contribution in [2.75, 3.05) is 33.5 Å². The molecular weight excluding hydrogens is 272 g/mol. The summed E-state index contributed by atoms with van der Waals surface area (Å²) in [6.07, 6.45) is 0.857. The van der Waals surface area contributed by atoms with Gasteiger partial charge in [-0.05, 0) is 27.2 Å². The number of aromatic nitrogens is 1. The van der Waals surface area contributed by atoms with E-state index in [1.165, 1.54) is 0 Å². The van der Waals surface area contributed by atoms with E-state index in [0.717, 1.165) is 17.9 Å². The number of nitrogens with zero attached hydrogens (tertiary/aromatic N) is 1. The number of hydrogen-bond acceptors (Lipinski definition) is 6. The van der Waals surface area contributed by atoms with Crippen molar-refractivity contribution in [1.29, 1.82) is 0 Å². The lowest BCUT2D eigenvalue weighted by molar-refractivity contribution is 0.0443. The van der Waals surface area contributed by atoms with Crippen LogP contribution in [0.4, 0.5) is 0 Å². The van der Waals surface area contributed by atoms with Gasteiger partial charge < -0.3 is 24.1 Å². The highest BCUT2D eigenvalue weighted by Crippen LogP contribution is 2.07. The fourth-order valence-corrected chi connectivity index (χ4v) is 1.54. The molecule has 0 saturated heterocycles. The third-order valence-corrected chi connectivity index (χ3v) is 2.66. The van der Waals surface area contributed by atoms with E-state index in [0.29, 0.717) is 39.6 Å². The summed E-state index contributed by atoms with van der Waals surface area (Å²) in [5, 5.41) is 7.37. The molecule has 0 radical (unpaired) electrons. The Balaban J connectivity index is 2.06. The van der Waals surface area contributed by atoms with E-state index < -0.39 is 0 Å². The largest absolute Gasteiger partial charge is 0.382 e. The Morgan fingerprint density at radius 2 is 1.90 bits per heavy atom. The first-order valence-corrected chi connectivity index (χ1v) is 7.35. The normalized spacial score (nSPS) is 12.0. The Kier molecular flexibility index (Phi) is 8.52. The second-order valence-corrected chi connectivity index (χ2v) is 5.90. The number of hydrogen-bond donors (Lipinski definition) is 1. The minimum atomic E-state index is 0.0679. The first-order valence-electron chi connectivity index (χ1n) is 7.35. The first-order chi connectivity index (χ1) is 10.0. The van der Waals surface area contributed by atoms with Crippen molar-refractivity contribution in [2.24, 2.45) is 0 Å². The van der Waals surface area contributed by atoms with Crippen LogP contribution in [-0.2, 0) is 27.4 Å². The molecule has 0 atom stereocenters. The van der Waals surface area contributed by atoms with Crippen LogP contribution in [0, 0.1) is 0 Å². The molecule has 0 bridgehead atoms. The van der Waals surface area contributed by atoms with Gasteiger partial charge in [-0.2, -0.15) is 0 Å². The lowest BCUT2D eigenvalue weighted by atomic mass is 10.1. The molecule has 0 spiro atoms. The van der Waals surface area contributed by atoms with Gasteiger partial charge in [-0.3, -0.25) is 0 Å². The Morgan fingerprint density at radius 3 is 2.62 bits per heavy atom. The van der Waals surface area contributed by atoms with Crippen LogP contribution in [0.1, 0.15) is 38.6 Å². The predicted octanol–water partition coefficient (Wildman–Crippen LogP) is 2.13. The molecule has 6 nitrogen and oxygen atoms in total. The molecule has 0 saturated carbocycles. The second kappa shape index (κ2) is 9.89. The summed E-state index contributed by atoms with van der Waals surface area (Å²) in [5.74, 6) is 0.751. The molecule has 6 heteroatoms. The number of methoxy groups -OCH3 is 1. The Hall–Kier alpha value is -0.950. The van der Waals surface area contributed by atoms with Crippen LogP contribution in [0.2, 0.25) is 0 Å². The molecule has 1 N–H and O–H groups in total. The minimum absolute atomic E-state index is 0.0679. The Morgan fingerprint density at radius 1 is 1.14 bits per heavy atom. The molecule has 1 rings (SSSR count). The smallest absolute Gasteiger partial charge is 0.162 e. The van der Waals surface area contributed by atoms with Gasteiger partial charge in [0.05, 0.1) is 18.9 Å². The third kappa shape index (κ3) is 9.57.